The Kier molecular flexibility index (Phi) is 7.70. The van der Waals surface area contributed by atoms with E-state index in [1.165, 1.54) is 7.11 Å². The highest BCUT2D eigenvalue weighted by molar-refractivity contribution is 6.31. The van der Waals surface area contributed by atoms with Gasteiger partial charge < -0.3 is 19.9 Å². The van der Waals surface area contributed by atoms with Crippen LogP contribution in [0.2, 0.25) is 5.02 Å². The first-order valence-electron chi connectivity index (χ1n) is 11.5. The number of amides is 1. The van der Waals surface area contributed by atoms with Crippen molar-refractivity contribution in [1.82, 2.24) is 15.2 Å². The molecule has 1 aromatic heterocycles. The van der Waals surface area contributed by atoms with Crippen LogP contribution in [0.5, 0.6) is 0 Å². The van der Waals surface area contributed by atoms with Crippen LogP contribution in [0.3, 0.4) is 0 Å². The molecule has 3 aromatic rings. The smallest absolute Gasteiger partial charge is 0.406 e. The molecular weight excluding hydrogens is 450 g/mol. The Morgan fingerprint density at radius 1 is 1.18 bits per heavy atom. The third-order valence-corrected chi connectivity index (χ3v) is 6.94. The Hall–Kier alpha value is -3.09. The molecule has 0 radical (unpaired) electrons. The summed E-state index contributed by atoms with van der Waals surface area (Å²) in [6.45, 7) is 2.22. The molecule has 0 saturated carbocycles. The minimum atomic E-state index is -0.434. The standard InChI is InChI=1S/C27H30ClN3O3/c1-31-14-11-20(16-26(31)32)22-10-12-29-17-24(22)23-8-7-19(15-25(23)28)21-6-4-3-5-18(21)9-13-30-27(33)34-2/h3-8,11,14-16,22,24,29H,9-10,12-13,17H2,1-2H3,(H,30,33)/t22-,24+/m1/s1. The third-order valence-electron chi connectivity index (χ3n) is 6.62. The Morgan fingerprint density at radius 3 is 2.76 bits per heavy atom. The Labute approximate surface area is 204 Å². The number of ether oxygens (including phenoxy) is 1. The summed E-state index contributed by atoms with van der Waals surface area (Å²) >= 11 is 6.87. The number of aromatic nitrogens is 1. The molecule has 4 rings (SSSR count). The molecule has 34 heavy (non-hydrogen) atoms. The summed E-state index contributed by atoms with van der Waals surface area (Å²) in [6, 6.07) is 18.2. The quantitative estimate of drug-likeness (QED) is 0.547. The Bertz CT molecular complexity index is 1220. The maximum Gasteiger partial charge on any atom is 0.406 e. The van der Waals surface area contributed by atoms with Crippen LogP contribution in [0.25, 0.3) is 11.1 Å². The Morgan fingerprint density at radius 2 is 2.00 bits per heavy atom. The minimum Gasteiger partial charge on any atom is -0.453 e. The van der Waals surface area contributed by atoms with Gasteiger partial charge in [-0.15, -0.1) is 0 Å². The van der Waals surface area contributed by atoms with Gasteiger partial charge in [0.2, 0.25) is 0 Å². The lowest BCUT2D eigenvalue weighted by atomic mass is 9.77. The van der Waals surface area contributed by atoms with E-state index in [2.05, 4.69) is 39.6 Å². The maximum absolute atomic E-state index is 12.2. The van der Waals surface area contributed by atoms with Crippen molar-refractivity contribution in [3.63, 3.8) is 0 Å². The number of carbonyl (C=O) groups is 1. The molecule has 1 amide bonds. The second kappa shape index (κ2) is 10.9. The van der Waals surface area contributed by atoms with Gasteiger partial charge in [-0.05, 0) is 65.3 Å². The van der Waals surface area contributed by atoms with Crippen molar-refractivity contribution in [3.8, 4) is 11.1 Å². The van der Waals surface area contributed by atoms with Crippen LogP contribution in [0.4, 0.5) is 4.79 Å². The molecule has 7 heteroatoms. The first kappa shape index (κ1) is 24.0. The van der Waals surface area contributed by atoms with Crippen LogP contribution < -0.4 is 16.2 Å². The van der Waals surface area contributed by atoms with Crippen LogP contribution >= 0.6 is 11.6 Å². The van der Waals surface area contributed by atoms with Crippen LogP contribution in [-0.2, 0) is 18.2 Å². The number of rotatable bonds is 6. The highest BCUT2D eigenvalue weighted by atomic mass is 35.5. The van der Waals surface area contributed by atoms with Gasteiger partial charge in [-0.3, -0.25) is 4.79 Å². The number of hydrogen-bond donors (Lipinski definition) is 2. The molecule has 2 atom stereocenters. The maximum atomic E-state index is 12.2. The lowest BCUT2D eigenvalue weighted by Gasteiger charge is -2.33. The average Bonchev–Trinajstić information content (AvgIpc) is 2.86. The molecule has 1 saturated heterocycles. The van der Waals surface area contributed by atoms with E-state index in [0.717, 1.165) is 52.4 Å². The van der Waals surface area contributed by atoms with Gasteiger partial charge in [-0.1, -0.05) is 48.0 Å². The van der Waals surface area contributed by atoms with E-state index in [-0.39, 0.29) is 17.4 Å². The summed E-state index contributed by atoms with van der Waals surface area (Å²) in [5, 5.41) is 6.95. The number of aryl methyl sites for hydroxylation is 1. The molecule has 1 aliphatic heterocycles. The second-order valence-corrected chi connectivity index (χ2v) is 9.08. The number of piperidine rings is 1. The lowest BCUT2D eigenvalue weighted by molar-refractivity contribution is 0.171. The monoisotopic (exact) mass is 479 g/mol. The average molecular weight is 480 g/mol. The summed E-state index contributed by atoms with van der Waals surface area (Å²) < 4.78 is 6.25. The van der Waals surface area contributed by atoms with Gasteiger partial charge in [0, 0.05) is 43.3 Å². The summed E-state index contributed by atoms with van der Waals surface area (Å²) in [7, 11) is 3.13. The summed E-state index contributed by atoms with van der Waals surface area (Å²) in [5.74, 6) is 0.414. The molecule has 178 valence electrons. The van der Waals surface area contributed by atoms with Gasteiger partial charge in [0.25, 0.3) is 5.56 Å². The van der Waals surface area contributed by atoms with Gasteiger partial charge >= 0.3 is 6.09 Å². The van der Waals surface area contributed by atoms with Crippen molar-refractivity contribution < 1.29 is 9.53 Å². The number of benzene rings is 2. The van der Waals surface area contributed by atoms with Crippen molar-refractivity contribution in [1.29, 1.82) is 0 Å². The molecule has 0 spiro atoms. The highest BCUT2D eigenvalue weighted by Gasteiger charge is 2.29. The predicted molar refractivity (Wildman–Crippen MR) is 136 cm³/mol. The number of hydrogen-bond acceptors (Lipinski definition) is 4. The normalized spacial score (nSPS) is 17.9. The molecule has 1 aliphatic rings. The molecule has 6 nitrogen and oxygen atoms in total. The first-order chi connectivity index (χ1) is 16.5. The molecule has 2 aromatic carbocycles. The van der Waals surface area contributed by atoms with Gasteiger partial charge in [-0.25, -0.2) is 4.79 Å². The number of nitrogens with zero attached hydrogens (tertiary/aromatic N) is 1. The first-order valence-corrected chi connectivity index (χ1v) is 11.9. The van der Waals surface area contributed by atoms with Crippen LogP contribution in [0.15, 0.2) is 65.6 Å². The fourth-order valence-electron chi connectivity index (χ4n) is 4.77. The van der Waals surface area contributed by atoms with Crippen LogP contribution in [-0.4, -0.2) is 37.4 Å². The van der Waals surface area contributed by atoms with Crippen LogP contribution in [0, 0.1) is 0 Å². The summed E-state index contributed by atoms with van der Waals surface area (Å²) in [4.78, 5) is 23.6. The molecule has 0 aliphatic carbocycles. The SMILES string of the molecule is COC(=O)NCCc1ccccc1-c1ccc([C@H]2CNCC[C@@H]2c2ccn(C)c(=O)c2)c(Cl)c1. The number of carbonyl (C=O) groups excluding carboxylic acids is 1. The number of halogens is 1. The van der Waals surface area contributed by atoms with Gasteiger partial charge in [-0.2, -0.15) is 0 Å². The largest absolute Gasteiger partial charge is 0.453 e. The molecule has 2 heterocycles. The predicted octanol–water partition coefficient (Wildman–Crippen LogP) is 4.46. The minimum absolute atomic E-state index is 0.00882. The van der Waals surface area contributed by atoms with Crippen molar-refractivity contribution in [2.75, 3.05) is 26.7 Å². The highest BCUT2D eigenvalue weighted by Crippen LogP contribution is 2.41. The second-order valence-electron chi connectivity index (χ2n) is 8.68. The number of pyridine rings is 1. The van der Waals surface area contributed by atoms with E-state index in [1.807, 2.05) is 30.5 Å². The van der Waals surface area contributed by atoms with Gasteiger partial charge in [0.05, 0.1) is 7.11 Å². The van der Waals surface area contributed by atoms with Gasteiger partial charge in [0.15, 0.2) is 0 Å². The van der Waals surface area contributed by atoms with E-state index in [4.69, 9.17) is 11.6 Å². The van der Waals surface area contributed by atoms with Crippen molar-refractivity contribution in [3.05, 3.63) is 92.9 Å². The zero-order valence-electron chi connectivity index (χ0n) is 19.5. The van der Waals surface area contributed by atoms with Gasteiger partial charge in [0.1, 0.15) is 0 Å². The third kappa shape index (κ3) is 5.34. The van der Waals surface area contributed by atoms with Crippen molar-refractivity contribution in [2.45, 2.75) is 24.7 Å². The summed E-state index contributed by atoms with van der Waals surface area (Å²) in [6.07, 6.45) is 3.04. The van der Waals surface area contributed by atoms with E-state index in [9.17, 15) is 9.59 Å². The summed E-state index contributed by atoms with van der Waals surface area (Å²) in [5.41, 5.74) is 5.42. The van der Waals surface area contributed by atoms with E-state index in [0.29, 0.717) is 13.0 Å². The van der Waals surface area contributed by atoms with Crippen molar-refractivity contribution >= 4 is 17.7 Å². The fourth-order valence-corrected chi connectivity index (χ4v) is 5.09. The molecule has 0 bridgehead atoms. The lowest BCUT2D eigenvalue weighted by Crippen LogP contribution is -2.34. The van der Waals surface area contributed by atoms with Crippen LogP contribution in [0.1, 0.15) is 34.9 Å². The molecule has 0 unspecified atom stereocenters. The molecule has 2 N–H and O–H groups in total. The number of nitrogens with one attached hydrogen (secondary N) is 2. The number of alkyl carbamates (subject to hydrolysis) is 1. The Balaban J connectivity index is 1.60. The topological polar surface area (TPSA) is 72.4 Å². The molecule has 1 fully saturated rings. The van der Waals surface area contributed by atoms with E-state index >= 15 is 0 Å². The van der Waals surface area contributed by atoms with E-state index < -0.39 is 6.09 Å². The zero-order valence-corrected chi connectivity index (χ0v) is 20.3. The zero-order chi connectivity index (χ0) is 24.1. The van der Waals surface area contributed by atoms with E-state index in [1.54, 1.807) is 17.7 Å². The number of methoxy groups -OCH3 is 1. The molecular formula is C27H30ClN3O3. The van der Waals surface area contributed by atoms with Crippen molar-refractivity contribution in [2.24, 2.45) is 7.05 Å². The fraction of sp³-hybridized carbons (Fsp3) is 0.333.